The number of aryl methyl sites for hydroxylation is 1. The van der Waals surface area contributed by atoms with Gasteiger partial charge in [0.1, 0.15) is 30.0 Å². The van der Waals surface area contributed by atoms with Crippen molar-refractivity contribution < 1.29 is 9.13 Å². The van der Waals surface area contributed by atoms with Crippen molar-refractivity contribution in [1.29, 1.82) is 0 Å². The highest BCUT2D eigenvalue weighted by Crippen LogP contribution is 2.26. The zero-order chi connectivity index (χ0) is 18.1. The summed E-state index contributed by atoms with van der Waals surface area (Å²) in [7, 11) is 3.33. The number of nitrogens with zero attached hydrogens (tertiary/aromatic N) is 6. The molecule has 0 unspecified atom stereocenters. The van der Waals surface area contributed by atoms with Gasteiger partial charge in [0.25, 0.3) is 0 Å². The zero-order valence-corrected chi connectivity index (χ0v) is 14.2. The molecule has 8 nitrogen and oxygen atoms in total. The second-order valence-corrected chi connectivity index (χ2v) is 5.64. The minimum absolute atomic E-state index is 0.256. The Balaban J connectivity index is 1.69. The van der Waals surface area contributed by atoms with Crippen LogP contribution in [0.2, 0.25) is 0 Å². The normalized spacial score (nSPS) is 11.0. The van der Waals surface area contributed by atoms with Gasteiger partial charge in [-0.15, -0.1) is 10.2 Å². The van der Waals surface area contributed by atoms with E-state index in [-0.39, 0.29) is 12.4 Å². The number of methoxy groups -OCH3 is 1. The van der Waals surface area contributed by atoms with Crippen LogP contribution in [0.4, 0.5) is 10.2 Å². The van der Waals surface area contributed by atoms with Gasteiger partial charge in [-0.1, -0.05) is 6.07 Å². The first kappa shape index (κ1) is 16.0. The second-order valence-electron chi connectivity index (χ2n) is 5.64. The van der Waals surface area contributed by atoms with E-state index in [0.29, 0.717) is 22.8 Å². The summed E-state index contributed by atoms with van der Waals surface area (Å²) in [6.07, 6.45) is 3.08. The van der Waals surface area contributed by atoms with Crippen LogP contribution >= 0.6 is 0 Å². The maximum atomic E-state index is 14.1. The van der Waals surface area contributed by atoms with Gasteiger partial charge in [-0.05, 0) is 24.3 Å². The number of halogens is 1. The molecule has 3 aromatic heterocycles. The van der Waals surface area contributed by atoms with E-state index < -0.39 is 0 Å². The van der Waals surface area contributed by atoms with Gasteiger partial charge in [0.05, 0.1) is 12.7 Å². The molecule has 0 radical (unpaired) electrons. The average Bonchev–Trinajstić information content (AvgIpc) is 3.29. The molecule has 9 heteroatoms. The minimum atomic E-state index is -0.326. The van der Waals surface area contributed by atoms with Crippen molar-refractivity contribution in [3.05, 3.63) is 54.4 Å². The number of aromatic nitrogens is 6. The number of nitrogens with one attached hydrogen (secondary N) is 1. The van der Waals surface area contributed by atoms with E-state index >= 15 is 0 Å². The van der Waals surface area contributed by atoms with Crippen LogP contribution in [0.25, 0.3) is 17.0 Å². The van der Waals surface area contributed by atoms with Gasteiger partial charge in [0, 0.05) is 19.2 Å². The second kappa shape index (κ2) is 6.43. The van der Waals surface area contributed by atoms with Crippen molar-refractivity contribution in [2.45, 2.75) is 6.54 Å². The number of ether oxygens (including phenoxy) is 1. The van der Waals surface area contributed by atoms with Crippen molar-refractivity contribution in [3.8, 4) is 17.1 Å². The van der Waals surface area contributed by atoms with Crippen LogP contribution in [0.5, 0.6) is 5.75 Å². The molecular formula is C17H16FN7O. The molecule has 0 aliphatic heterocycles. The van der Waals surface area contributed by atoms with Crippen LogP contribution in [0.1, 0.15) is 5.56 Å². The van der Waals surface area contributed by atoms with Gasteiger partial charge in [-0.3, -0.25) is 4.40 Å². The number of pyridine rings is 1. The van der Waals surface area contributed by atoms with Crippen molar-refractivity contribution in [3.63, 3.8) is 0 Å². The van der Waals surface area contributed by atoms with Crippen LogP contribution < -0.4 is 10.1 Å². The Morgan fingerprint density at radius 2 is 2.12 bits per heavy atom. The lowest BCUT2D eigenvalue weighted by Gasteiger charge is -2.13. The highest BCUT2D eigenvalue weighted by molar-refractivity contribution is 5.74. The van der Waals surface area contributed by atoms with Crippen LogP contribution in [-0.2, 0) is 13.6 Å². The van der Waals surface area contributed by atoms with Crippen LogP contribution in [0.15, 0.2) is 43.0 Å². The van der Waals surface area contributed by atoms with Crippen molar-refractivity contribution in [2.24, 2.45) is 7.05 Å². The lowest BCUT2D eigenvalue weighted by atomic mass is 10.2. The predicted molar refractivity (Wildman–Crippen MR) is 93.3 cm³/mol. The Bertz CT molecular complexity index is 1070. The van der Waals surface area contributed by atoms with Crippen LogP contribution in [0.3, 0.4) is 0 Å². The minimum Gasteiger partial charge on any atom is -0.496 e. The van der Waals surface area contributed by atoms with E-state index in [0.717, 1.165) is 11.4 Å². The molecular weight excluding hydrogens is 337 g/mol. The molecule has 0 aliphatic carbocycles. The third-order valence-electron chi connectivity index (χ3n) is 4.15. The first-order chi connectivity index (χ1) is 12.7. The number of fused-ring (bicyclic) bond motifs is 1. The van der Waals surface area contributed by atoms with Gasteiger partial charge < -0.3 is 10.1 Å². The number of benzene rings is 1. The standard InChI is InChI=1S/C17H16FN7O/c1-24-16(20-9-22-24)11-6-7-15(25-10-21-23-17(11)25)19-8-12-13(18)4-3-5-14(12)26-2/h3-7,9-10,19H,8H2,1-2H3. The molecule has 0 amide bonds. The lowest BCUT2D eigenvalue weighted by Crippen LogP contribution is -2.08. The zero-order valence-electron chi connectivity index (χ0n) is 14.2. The molecule has 0 saturated carbocycles. The summed E-state index contributed by atoms with van der Waals surface area (Å²) in [4.78, 5) is 4.26. The highest BCUT2D eigenvalue weighted by atomic mass is 19.1. The number of hydrogen-bond acceptors (Lipinski definition) is 6. The quantitative estimate of drug-likeness (QED) is 0.593. The highest BCUT2D eigenvalue weighted by Gasteiger charge is 2.14. The van der Waals surface area contributed by atoms with Crippen LogP contribution in [0, 0.1) is 5.82 Å². The van der Waals surface area contributed by atoms with Gasteiger partial charge in [-0.25, -0.2) is 14.1 Å². The first-order valence-electron chi connectivity index (χ1n) is 7.91. The summed E-state index contributed by atoms with van der Waals surface area (Å²) in [6, 6.07) is 8.50. The summed E-state index contributed by atoms with van der Waals surface area (Å²) >= 11 is 0. The largest absolute Gasteiger partial charge is 0.496 e. The summed E-state index contributed by atoms with van der Waals surface area (Å²) in [5, 5.41) is 15.5. The topological polar surface area (TPSA) is 82.2 Å². The Hall–Kier alpha value is -3.49. The Morgan fingerprint density at radius 3 is 2.88 bits per heavy atom. The molecule has 4 rings (SSSR count). The molecule has 132 valence electrons. The molecule has 0 fully saturated rings. The molecule has 0 saturated heterocycles. The molecule has 0 bridgehead atoms. The monoisotopic (exact) mass is 353 g/mol. The van der Waals surface area contributed by atoms with Gasteiger partial charge in [0.2, 0.25) is 0 Å². The van der Waals surface area contributed by atoms with Gasteiger partial charge >= 0.3 is 0 Å². The third-order valence-corrected chi connectivity index (χ3v) is 4.15. The Morgan fingerprint density at radius 1 is 1.23 bits per heavy atom. The molecule has 0 spiro atoms. The van der Waals surface area contributed by atoms with E-state index in [1.165, 1.54) is 19.5 Å². The molecule has 26 heavy (non-hydrogen) atoms. The van der Waals surface area contributed by atoms with Crippen LogP contribution in [-0.4, -0.2) is 36.5 Å². The van der Waals surface area contributed by atoms with E-state index in [4.69, 9.17) is 4.74 Å². The lowest BCUT2D eigenvalue weighted by molar-refractivity contribution is 0.405. The summed E-state index contributed by atoms with van der Waals surface area (Å²) in [6.45, 7) is 0.256. The average molecular weight is 353 g/mol. The maximum Gasteiger partial charge on any atom is 0.173 e. The molecule has 0 atom stereocenters. The van der Waals surface area contributed by atoms with Gasteiger partial charge in [-0.2, -0.15) is 5.10 Å². The fourth-order valence-corrected chi connectivity index (χ4v) is 2.85. The van der Waals surface area contributed by atoms with Crippen molar-refractivity contribution in [2.75, 3.05) is 12.4 Å². The Kier molecular flexibility index (Phi) is 3.96. The predicted octanol–water partition coefficient (Wildman–Crippen LogP) is 2.28. The Labute approximate surface area is 148 Å². The fourth-order valence-electron chi connectivity index (χ4n) is 2.85. The van der Waals surface area contributed by atoms with E-state index in [1.807, 2.05) is 19.2 Å². The first-order valence-corrected chi connectivity index (χ1v) is 7.91. The van der Waals surface area contributed by atoms with Crippen molar-refractivity contribution in [1.82, 2.24) is 29.4 Å². The number of rotatable bonds is 5. The summed E-state index contributed by atoms with van der Waals surface area (Å²) in [5.74, 6) is 1.58. The summed E-state index contributed by atoms with van der Waals surface area (Å²) in [5.41, 5.74) is 1.89. The molecule has 1 N–H and O–H groups in total. The molecule has 3 heterocycles. The fraction of sp³-hybridized carbons (Fsp3) is 0.176. The number of hydrogen-bond donors (Lipinski definition) is 1. The molecule has 4 aromatic rings. The van der Waals surface area contributed by atoms with E-state index in [2.05, 4.69) is 25.6 Å². The number of anilines is 1. The smallest absolute Gasteiger partial charge is 0.173 e. The van der Waals surface area contributed by atoms with E-state index in [9.17, 15) is 4.39 Å². The summed E-state index contributed by atoms with van der Waals surface area (Å²) < 4.78 is 22.8. The van der Waals surface area contributed by atoms with E-state index in [1.54, 1.807) is 27.5 Å². The third kappa shape index (κ3) is 2.63. The van der Waals surface area contributed by atoms with Crippen molar-refractivity contribution >= 4 is 11.5 Å². The maximum absolute atomic E-state index is 14.1. The molecule has 1 aromatic carbocycles. The molecule has 0 aliphatic rings. The van der Waals surface area contributed by atoms with Gasteiger partial charge in [0.15, 0.2) is 11.5 Å². The SMILES string of the molecule is COc1cccc(F)c1CNc1ccc(-c2ncnn2C)c2nncn12.